The number of carbonyl (C=O) groups is 2. The fourth-order valence-electron chi connectivity index (χ4n) is 2.42. The van der Waals surface area contributed by atoms with Crippen molar-refractivity contribution in [2.75, 3.05) is 5.32 Å². The van der Waals surface area contributed by atoms with Gasteiger partial charge in [-0.05, 0) is 82.8 Å². The second kappa shape index (κ2) is 9.66. The van der Waals surface area contributed by atoms with E-state index in [1.54, 1.807) is 60.7 Å². The van der Waals surface area contributed by atoms with Crippen LogP contribution in [0.2, 0.25) is 0 Å². The number of halogens is 1. The first-order valence-corrected chi connectivity index (χ1v) is 9.69. The van der Waals surface area contributed by atoms with Crippen molar-refractivity contribution in [1.29, 1.82) is 5.26 Å². The third-order valence-electron chi connectivity index (χ3n) is 3.88. The molecule has 0 atom stereocenters. The highest BCUT2D eigenvalue weighted by Crippen LogP contribution is 2.17. The summed E-state index contributed by atoms with van der Waals surface area (Å²) in [6.45, 7) is 0. The maximum absolute atomic E-state index is 12.3. The minimum absolute atomic E-state index is 0.0300. The van der Waals surface area contributed by atoms with Crippen LogP contribution >= 0.6 is 22.6 Å². The largest absolute Gasteiger partial charge is 0.423 e. The summed E-state index contributed by atoms with van der Waals surface area (Å²) in [5.41, 5.74) is 1.67. The van der Waals surface area contributed by atoms with Crippen LogP contribution in [0.1, 0.15) is 15.9 Å². The lowest BCUT2D eigenvalue weighted by atomic mass is 10.1. The van der Waals surface area contributed by atoms with Crippen LogP contribution in [0.15, 0.2) is 84.4 Å². The molecule has 0 aliphatic heterocycles. The molecule has 0 unspecified atom stereocenters. The number of amides is 1. The molecule has 3 aromatic rings. The molecule has 0 aliphatic carbocycles. The number of anilines is 1. The van der Waals surface area contributed by atoms with E-state index in [4.69, 9.17) is 4.74 Å². The Morgan fingerprint density at radius 2 is 1.59 bits per heavy atom. The van der Waals surface area contributed by atoms with Crippen LogP contribution < -0.4 is 10.1 Å². The molecule has 29 heavy (non-hydrogen) atoms. The van der Waals surface area contributed by atoms with Crippen LogP contribution in [-0.2, 0) is 4.79 Å². The van der Waals surface area contributed by atoms with Gasteiger partial charge in [-0.3, -0.25) is 4.79 Å². The first-order valence-electron chi connectivity index (χ1n) is 8.61. The monoisotopic (exact) mass is 494 g/mol. The van der Waals surface area contributed by atoms with Gasteiger partial charge in [-0.15, -0.1) is 0 Å². The van der Waals surface area contributed by atoms with Crippen LogP contribution in [0.5, 0.6) is 5.75 Å². The fraction of sp³-hybridized carbons (Fsp3) is 0. The SMILES string of the molecule is N#CC(=Cc1ccc(OC(=O)c2ccccc2)cc1)C(=O)Nc1ccc(I)cc1. The number of hydrogen-bond acceptors (Lipinski definition) is 4. The van der Waals surface area contributed by atoms with Gasteiger partial charge in [-0.1, -0.05) is 30.3 Å². The van der Waals surface area contributed by atoms with E-state index in [0.717, 1.165) is 3.57 Å². The normalized spacial score (nSPS) is 10.7. The van der Waals surface area contributed by atoms with E-state index in [1.165, 1.54) is 6.08 Å². The van der Waals surface area contributed by atoms with E-state index >= 15 is 0 Å². The second-order valence-electron chi connectivity index (χ2n) is 5.96. The summed E-state index contributed by atoms with van der Waals surface area (Å²) in [6.07, 6.45) is 1.48. The Kier molecular flexibility index (Phi) is 6.76. The fourth-order valence-corrected chi connectivity index (χ4v) is 2.78. The van der Waals surface area contributed by atoms with E-state index in [-0.39, 0.29) is 5.57 Å². The van der Waals surface area contributed by atoms with Crippen molar-refractivity contribution < 1.29 is 14.3 Å². The molecule has 0 aliphatic rings. The molecule has 0 spiro atoms. The Hall–Kier alpha value is -3.44. The van der Waals surface area contributed by atoms with Gasteiger partial charge in [0.2, 0.25) is 0 Å². The van der Waals surface area contributed by atoms with Crippen LogP contribution in [-0.4, -0.2) is 11.9 Å². The van der Waals surface area contributed by atoms with E-state index in [0.29, 0.717) is 22.6 Å². The molecule has 142 valence electrons. The number of esters is 1. The van der Waals surface area contributed by atoms with Crippen LogP contribution in [0.4, 0.5) is 5.69 Å². The number of hydrogen-bond donors (Lipinski definition) is 1. The van der Waals surface area contributed by atoms with Gasteiger partial charge in [-0.25, -0.2) is 4.79 Å². The smallest absolute Gasteiger partial charge is 0.343 e. The van der Waals surface area contributed by atoms with Crippen LogP contribution in [0.25, 0.3) is 6.08 Å². The van der Waals surface area contributed by atoms with Gasteiger partial charge < -0.3 is 10.1 Å². The van der Waals surface area contributed by atoms with E-state index in [1.807, 2.05) is 24.3 Å². The topological polar surface area (TPSA) is 79.2 Å². The minimum Gasteiger partial charge on any atom is -0.423 e. The Morgan fingerprint density at radius 3 is 2.21 bits per heavy atom. The number of nitrogens with zero attached hydrogens (tertiary/aromatic N) is 1. The van der Waals surface area contributed by atoms with Crippen molar-refractivity contribution in [3.05, 3.63) is 99.1 Å². The number of nitriles is 1. The lowest BCUT2D eigenvalue weighted by Gasteiger charge is -2.06. The highest BCUT2D eigenvalue weighted by Gasteiger charge is 2.10. The molecule has 1 amide bonds. The van der Waals surface area contributed by atoms with E-state index in [9.17, 15) is 14.9 Å². The van der Waals surface area contributed by atoms with Gasteiger partial charge in [-0.2, -0.15) is 5.26 Å². The maximum atomic E-state index is 12.3. The quantitative estimate of drug-likeness (QED) is 0.177. The zero-order chi connectivity index (χ0) is 20.6. The van der Waals surface area contributed by atoms with Crippen molar-refractivity contribution in [2.45, 2.75) is 0 Å². The van der Waals surface area contributed by atoms with Gasteiger partial charge in [0, 0.05) is 9.26 Å². The summed E-state index contributed by atoms with van der Waals surface area (Å²) in [4.78, 5) is 24.4. The number of rotatable bonds is 5. The van der Waals surface area contributed by atoms with Crippen molar-refractivity contribution in [2.24, 2.45) is 0 Å². The van der Waals surface area contributed by atoms with E-state index < -0.39 is 11.9 Å². The highest BCUT2D eigenvalue weighted by atomic mass is 127. The summed E-state index contributed by atoms with van der Waals surface area (Å²) in [6, 6.07) is 24.4. The third-order valence-corrected chi connectivity index (χ3v) is 4.60. The van der Waals surface area contributed by atoms with E-state index in [2.05, 4.69) is 27.9 Å². The Balaban J connectivity index is 1.68. The average molecular weight is 494 g/mol. The summed E-state index contributed by atoms with van der Waals surface area (Å²) < 4.78 is 6.36. The molecule has 1 N–H and O–H groups in total. The molecule has 0 aromatic heterocycles. The standard InChI is InChI=1S/C23H15IN2O3/c24-19-8-10-20(11-9-19)26-22(27)18(15-25)14-16-6-12-21(13-7-16)29-23(28)17-4-2-1-3-5-17/h1-14H,(H,26,27). The lowest BCUT2D eigenvalue weighted by Crippen LogP contribution is -2.13. The Bertz CT molecular complexity index is 1080. The summed E-state index contributed by atoms with van der Waals surface area (Å²) in [5.74, 6) is -0.574. The molecule has 5 nitrogen and oxygen atoms in total. The molecule has 3 aromatic carbocycles. The lowest BCUT2D eigenvalue weighted by molar-refractivity contribution is -0.112. The molecule has 0 saturated carbocycles. The molecular formula is C23H15IN2O3. The third kappa shape index (κ3) is 5.77. The predicted molar refractivity (Wildman–Crippen MR) is 119 cm³/mol. The molecule has 6 heteroatoms. The Morgan fingerprint density at radius 1 is 0.931 bits per heavy atom. The molecule has 0 heterocycles. The summed E-state index contributed by atoms with van der Waals surface area (Å²) in [5, 5.41) is 12.0. The highest BCUT2D eigenvalue weighted by molar-refractivity contribution is 14.1. The zero-order valence-electron chi connectivity index (χ0n) is 15.1. The molecule has 0 bridgehead atoms. The minimum atomic E-state index is -0.492. The summed E-state index contributed by atoms with van der Waals surface area (Å²) in [7, 11) is 0. The van der Waals surface area contributed by atoms with Crippen molar-refractivity contribution in [1.82, 2.24) is 0 Å². The van der Waals surface area contributed by atoms with Gasteiger partial charge in [0.05, 0.1) is 5.56 Å². The predicted octanol–water partition coefficient (Wildman–Crippen LogP) is 5.06. The van der Waals surface area contributed by atoms with Crippen LogP contribution in [0, 0.1) is 14.9 Å². The molecule has 0 saturated heterocycles. The Labute approximate surface area is 181 Å². The second-order valence-corrected chi connectivity index (χ2v) is 7.20. The van der Waals surface area contributed by atoms with Gasteiger partial charge in [0.25, 0.3) is 5.91 Å². The number of nitrogens with one attached hydrogen (secondary N) is 1. The van der Waals surface area contributed by atoms with Gasteiger partial charge in [0.15, 0.2) is 0 Å². The zero-order valence-corrected chi connectivity index (χ0v) is 17.3. The first-order chi connectivity index (χ1) is 14.0. The molecule has 0 radical (unpaired) electrons. The van der Waals surface area contributed by atoms with Crippen molar-refractivity contribution in [3.63, 3.8) is 0 Å². The summed E-state index contributed by atoms with van der Waals surface area (Å²) >= 11 is 2.17. The number of benzene rings is 3. The molecular weight excluding hydrogens is 479 g/mol. The maximum Gasteiger partial charge on any atom is 0.343 e. The van der Waals surface area contributed by atoms with Crippen molar-refractivity contribution in [3.8, 4) is 11.8 Å². The van der Waals surface area contributed by atoms with Crippen molar-refractivity contribution >= 4 is 46.2 Å². The average Bonchev–Trinajstić information content (AvgIpc) is 2.75. The molecule has 0 fully saturated rings. The van der Waals surface area contributed by atoms with Gasteiger partial charge in [0.1, 0.15) is 17.4 Å². The first kappa shape index (κ1) is 20.3. The number of ether oxygens (including phenoxy) is 1. The van der Waals surface area contributed by atoms with Gasteiger partial charge >= 0.3 is 5.97 Å². The molecule has 3 rings (SSSR count). The van der Waals surface area contributed by atoms with Crippen LogP contribution in [0.3, 0.4) is 0 Å². The number of carbonyl (C=O) groups excluding carboxylic acids is 2.